The third-order valence-corrected chi connectivity index (χ3v) is 2.41. The van der Waals surface area contributed by atoms with Gasteiger partial charge in [0.25, 0.3) is 4.46 Å². The molecule has 0 unspecified atom stereocenters. The van der Waals surface area contributed by atoms with Crippen LogP contribution < -0.4 is 4.90 Å². The van der Waals surface area contributed by atoms with E-state index in [0.717, 1.165) is 0 Å². The minimum absolute atomic E-state index is 0.0717. The number of benzene rings is 1. The monoisotopic (exact) mass is 263 g/mol. The van der Waals surface area contributed by atoms with Crippen LogP contribution in [0.25, 0.3) is 0 Å². The standard InChI is InChI=1S/C9H7Cl2NO4/c10-9(11,7(13)14)12(8(15)16)6-4-2-1-3-5-6/h1-5H,(H,13,14)(H,15,16). The summed E-state index contributed by atoms with van der Waals surface area (Å²) in [7, 11) is 0. The molecule has 1 amide bonds. The van der Waals surface area contributed by atoms with Crippen LogP contribution in [0.3, 0.4) is 0 Å². The molecule has 0 aromatic heterocycles. The van der Waals surface area contributed by atoms with E-state index in [1.54, 1.807) is 6.07 Å². The first kappa shape index (κ1) is 12.6. The predicted octanol–water partition coefficient (Wildman–Crippen LogP) is 2.39. The summed E-state index contributed by atoms with van der Waals surface area (Å²) in [6.45, 7) is 0. The van der Waals surface area contributed by atoms with Crippen molar-refractivity contribution in [2.75, 3.05) is 4.90 Å². The van der Waals surface area contributed by atoms with Crippen molar-refractivity contribution in [1.29, 1.82) is 0 Å². The fourth-order valence-corrected chi connectivity index (χ4v) is 1.41. The van der Waals surface area contributed by atoms with Gasteiger partial charge in [-0.05, 0) is 12.1 Å². The van der Waals surface area contributed by atoms with Crippen LogP contribution >= 0.6 is 23.2 Å². The van der Waals surface area contributed by atoms with E-state index in [4.69, 9.17) is 33.4 Å². The highest BCUT2D eigenvalue weighted by atomic mass is 35.5. The molecular weight excluding hydrogens is 257 g/mol. The summed E-state index contributed by atoms with van der Waals surface area (Å²) in [6.07, 6.45) is -1.56. The minimum atomic E-state index is -2.56. The molecule has 7 heteroatoms. The Labute approximate surface area is 101 Å². The Hall–Kier alpha value is -1.46. The van der Waals surface area contributed by atoms with Gasteiger partial charge in [0.05, 0.1) is 5.69 Å². The summed E-state index contributed by atoms with van der Waals surface area (Å²) in [4.78, 5) is 22.1. The van der Waals surface area contributed by atoms with Crippen molar-refractivity contribution in [2.45, 2.75) is 4.46 Å². The fraction of sp³-hybridized carbons (Fsp3) is 0.111. The van der Waals surface area contributed by atoms with Gasteiger partial charge in [-0.1, -0.05) is 41.4 Å². The SMILES string of the molecule is O=C(O)N(c1ccccc1)C(Cl)(Cl)C(=O)O. The van der Waals surface area contributed by atoms with Crippen LogP contribution in [0.15, 0.2) is 30.3 Å². The number of carboxylic acid groups (broad SMARTS) is 2. The number of alkyl halides is 2. The van der Waals surface area contributed by atoms with E-state index < -0.39 is 16.5 Å². The normalized spacial score (nSPS) is 10.9. The smallest absolute Gasteiger partial charge is 0.414 e. The maximum Gasteiger partial charge on any atom is 0.414 e. The number of hydrogen-bond acceptors (Lipinski definition) is 2. The van der Waals surface area contributed by atoms with E-state index in [0.29, 0.717) is 4.90 Å². The first-order valence-electron chi connectivity index (χ1n) is 4.06. The molecule has 0 saturated carbocycles. The van der Waals surface area contributed by atoms with E-state index in [1.165, 1.54) is 24.3 Å². The summed E-state index contributed by atoms with van der Waals surface area (Å²) >= 11 is 11.0. The average Bonchev–Trinajstić information content (AvgIpc) is 2.18. The van der Waals surface area contributed by atoms with Crippen molar-refractivity contribution in [2.24, 2.45) is 0 Å². The predicted molar refractivity (Wildman–Crippen MR) is 59.0 cm³/mol. The second kappa shape index (κ2) is 4.59. The number of para-hydroxylation sites is 1. The first-order valence-corrected chi connectivity index (χ1v) is 4.82. The van der Waals surface area contributed by atoms with Crippen LogP contribution in [0.4, 0.5) is 10.5 Å². The van der Waals surface area contributed by atoms with Crippen molar-refractivity contribution < 1.29 is 19.8 Å². The molecule has 0 bridgehead atoms. The molecule has 0 heterocycles. The summed E-state index contributed by atoms with van der Waals surface area (Å²) < 4.78 is -2.56. The van der Waals surface area contributed by atoms with Gasteiger partial charge in [-0.3, -0.25) is 0 Å². The molecule has 0 radical (unpaired) electrons. The molecule has 0 atom stereocenters. The van der Waals surface area contributed by atoms with Gasteiger partial charge in [-0.15, -0.1) is 0 Å². The second-order valence-electron chi connectivity index (χ2n) is 2.80. The Bertz CT molecular complexity index is 407. The van der Waals surface area contributed by atoms with Gasteiger partial charge in [-0.2, -0.15) is 0 Å². The number of anilines is 1. The molecule has 0 spiro atoms. The number of nitrogens with zero attached hydrogens (tertiary/aromatic N) is 1. The van der Waals surface area contributed by atoms with Gasteiger partial charge in [0.15, 0.2) is 0 Å². The van der Waals surface area contributed by atoms with Crippen molar-refractivity contribution in [3.05, 3.63) is 30.3 Å². The zero-order chi connectivity index (χ0) is 12.3. The van der Waals surface area contributed by atoms with Crippen molar-refractivity contribution in [3.8, 4) is 0 Å². The highest BCUT2D eigenvalue weighted by Crippen LogP contribution is 2.31. The number of hydrogen-bond donors (Lipinski definition) is 2. The summed E-state index contributed by atoms with van der Waals surface area (Å²) in [6, 6.07) is 7.50. The molecule has 0 aliphatic rings. The molecule has 5 nitrogen and oxygen atoms in total. The molecule has 86 valence electrons. The molecule has 0 saturated heterocycles. The van der Waals surface area contributed by atoms with Gasteiger partial charge in [0, 0.05) is 0 Å². The zero-order valence-electron chi connectivity index (χ0n) is 7.80. The third-order valence-electron chi connectivity index (χ3n) is 1.74. The van der Waals surface area contributed by atoms with E-state index >= 15 is 0 Å². The number of carbonyl (C=O) groups is 2. The largest absolute Gasteiger partial charge is 0.478 e. The highest BCUT2D eigenvalue weighted by Gasteiger charge is 2.45. The maximum atomic E-state index is 10.9. The van der Waals surface area contributed by atoms with Crippen molar-refractivity contribution in [3.63, 3.8) is 0 Å². The number of carboxylic acids is 1. The van der Waals surface area contributed by atoms with Gasteiger partial charge in [0.2, 0.25) is 0 Å². The Morgan fingerprint density at radius 3 is 2.00 bits per heavy atom. The zero-order valence-corrected chi connectivity index (χ0v) is 9.31. The fourth-order valence-electron chi connectivity index (χ4n) is 1.07. The van der Waals surface area contributed by atoms with Crippen LogP contribution in [0.1, 0.15) is 0 Å². The number of amides is 1. The lowest BCUT2D eigenvalue weighted by Crippen LogP contribution is -2.49. The summed E-state index contributed by atoms with van der Waals surface area (Å²) in [5, 5.41) is 17.7. The number of rotatable bonds is 3. The van der Waals surface area contributed by atoms with Crippen LogP contribution in [-0.2, 0) is 4.79 Å². The van der Waals surface area contributed by atoms with Crippen LogP contribution in [0, 0.1) is 0 Å². The van der Waals surface area contributed by atoms with Gasteiger partial charge in [-0.25, -0.2) is 14.5 Å². The van der Waals surface area contributed by atoms with Crippen LogP contribution in [0.5, 0.6) is 0 Å². The van der Waals surface area contributed by atoms with E-state index in [-0.39, 0.29) is 5.69 Å². The minimum Gasteiger partial charge on any atom is -0.478 e. The molecule has 1 aromatic rings. The molecule has 0 aliphatic carbocycles. The average molecular weight is 264 g/mol. The lowest BCUT2D eigenvalue weighted by atomic mass is 10.3. The van der Waals surface area contributed by atoms with Gasteiger partial charge >= 0.3 is 12.1 Å². The molecular formula is C9H7Cl2NO4. The molecule has 0 aliphatic heterocycles. The van der Waals surface area contributed by atoms with Crippen LogP contribution in [0.2, 0.25) is 0 Å². The lowest BCUT2D eigenvalue weighted by molar-refractivity contribution is -0.137. The second-order valence-corrected chi connectivity index (χ2v) is 4.09. The third kappa shape index (κ3) is 2.37. The van der Waals surface area contributed by atoms with E-state index in [2.05, 4.69) is 0 Å². The topological polar surface area (TPSA) is 77.8 Å². The van der Waals surface area contributed by atoms with Gasteiger partial charge < -0.3 is 10.2 Å². The Balaban J connectivity index is 3.21. The molecule has 2 N–H and O–H groups in total. The number of halogens is 2. The summed E-state index contributed by atoms with van der Waals surface area (Å²) in [5.41, 5.74) is 0.0717. The highest BCUT2D eigenvalue weighted by molar-refractivity contribution is 6.59. The quantitative estimate of drug-likeness (QED) is 0.649. The van der Waals surface area contributed by atoms with Crippen molar-refractivity contribution in [1.82, 2.24) is 0 Å². The van der Waals surface area contributed by atoms with Gasteiger partial charge in [0.1, 0.15) is 0 Å². The number of aliphatic carboxylic acids is 1. The Morgan fingerprint density at radius 1 is 1.12 bits per heavy atom. The molecule has 16 heavy (non-hydrogen) atoms. The van der Waals surface area contributed by atoms with Crippen molar-refractivity contribution >= 4 is 41.0 Å². The van der Waals surface area contributed by atoms with E-state index in [9.17, 15) is 9.59 Å². The Kier molecular flexibility index (Phi) is 3.62. The lowest BCUT2D eigenvalue weighted by Gasteiger charge is -2.28. The maximum absolute atomic E-state index is 10.9. The molecule has 1 aromatic carbocycles. The summed E-state index contributed by atoms with van der Waals surface area (Å²) in [5.74, 6) is -1.66. The first-order chi connectivity index (χ1) is 7.37. The van der Waals surface area contributed by atoms with Crippen LogP contribution in [-0.4, -0.2) is 26.7 Å². The molecule has 1 rings (SSSR count). The Morgan fingerprint density at radius 2 is 1.62 bits per heavy atom. The molecule has 0 fully saturated rings. The van der Waals surface area contributed by atoms with E-state index in [1.807, 2.05) is 0 Å².